The molecule has 0 aromatic heterocycles. The van der Waals surface area contributed by atoms with Gasteiger partial charge in [0.25, 0.3) is 0 Å². The molecule has 1 aliphatic rings. The molecule has 1 fully saturated rings. The van der Waals surface area contributed by atoms with Crippen molar-refractivity contribution in [2.45, 2.75) is 31.8 Å². The summed E-state index contributed by atoms with van der Waals surface area (Å²) in [5.41, 5.74) is 2.60. The molecule has 0 aliphatic carbocycles. The molecule has 0 radical (unpaired) electrons. The van der Waals surface area contributed by atoms with Gasteiger partial charge in [-0.05, 0) is 37.0 Å². The molecule has 0 saturated carbocycles. The lowest BCUT2D eigenvalue weighted by atomic mass is 10.1. The summed E-state index contributed by atoms with van der Waals surface area (Å²) in [6, 6.07) is 9.37. The molecule has 1 unspecified atom stereocenters. The minimum atomic E-state index is 0.612. The zero-order valence-corrected chi connectivity index (χ0v) is 11.5. The minimum Gasteiger partial charge on any atom is -0.381 e. The van der Waals surface area contributed by atoms with Gasteiger partial charge in [-0.1, -0.05) is 12.1 Å². The zero-order valence-electron chi connectivity index (χ0n) is 11.5. The second-order valence-corrected chi connectivity index (χ2v) is 5.18. The molecule has 2 rings (SSSR count). The maximum atomic E-state index is 5.47. The number of hydrogen-bond acceptors (Lipinski definition) is 3. The summed E-state index contributed by atoms with van der Waals surface area (Å²) in [6.07, 6.45) is 3.54. The van der Waals surface area contributed by atoms with Gasteiger partial charge in [-0.15, -0.1) is 0 Å². The van der Waals surface area contributed by atoms with E-state index in [9.17, 15) is 0 Å². The third-order valence-electron chi connectivity index (χ3n) is 3.50. The van der Waals surface area contributed by atoms with Crippen molar-refractivity contribution in [3.05, 3.63) is 29.8 Å². The predicted octanol–water partition coefficient (Wildman–Crippen LogP) is 2.41. The maximum Gasteiger partial charge on any atom is 0.0480 e. The van der Waals surface area contributed by atoms with Crippen LogP contribution in [0.4, 0.5) is 5.69 Å². The lowest BCUT2D eigenvalue weighted by Crippen LogP contribution is -2.28. The molecule has 1 aromatic rings. The SMILES string of the molecule is CN(C)c1ccc(CNC2CCCOCC2)cc1. The van der Waals surface area contributed by atoms with Gasteiger partial charge in [0.2, 0.25) is 0 Å². The molecule has 1 atom stereocenters. The Morgan fingerprint density at radius 2 is 1.94 bits per heavy atom. The molecule has 18 heavy (non-hydrogen) atoms. The van der Waals surface area contributed by atoms with Crippen LogP contribution in [-0.4, -0.2) is 33.4 Å². The van der Waals surface area contributed by atoms with Crippen molar-refractivity contribution in [1.82, 2.24) is 5.32 Å². The number of nitrogens with zero attached hydrogens (tertiary/aromatic N) is 1. The van der Waals surface area contributed by atoms with Crippen LogP contribution in [0.1, 0.15) is 24.8 Å². The van der Waals surface area contributed by atoms with Gasteiger partial charge < -0.3 is 15.0 Å². The Kier molecular flexibility index (Phi) is 5.02. The van der Waals surface area contributed by atoms with Crippen LogP contribution in [0.25, 0.3) is 0 Å². The number of hydrogen-bond donors (Lipinski definition) is 1. The average Bonchev–Trinajstić information content (AvgIpc) is 2.65. The summed E-state index contributed by atoms with van der Waals surface area (Å²) in [7, 11) is 4.14. The van der Waals surface area contributed by atoms with Gasteiger partial charge in [0.15, 0.2) is 0 Å². The molecule has 0 bridgehead atoms. The average molecular weight is 248 g/mol. The Morgan fingerprint density at radius 1 is 1.17 bits per heavy atom. The van der Waals surface area contributed by atoms with Crippen LogP contribution >= 0.6 is 0 Å². The summed E-state index contributed by atoms with van der Waals surface area (Å²) >= 11 is 0. The Hall–Kier alpha value is -1.06. The van der Waals surface area contributed by atoms with E-state index in [1.165, 1.54) is 24.1 Å². The molecule has 1 saturated heterocycles. The van der Waals surface area contributed by atoms with Crippen molar-refractivity contribution < 1.29 is 4.74 Å². The van der Waals surface area contributed by atoms with E-state index in [0.29, 0.717) is 6.04 Å². The Bertz CT molecular complexity index is 340. The first-order valence-electron chi connectivity index (χ1n) is 6.83. The van der Waals surface area contributed by atoms with Crippen LogP contribution in [0, 0.1) is 0 Å². The number of anilines is 1. The molecule has 1 heterocycles. The topological polar surface area (TPSA) is 24.5 Å². The molecule has 1 aliphatic heterocycles. The quantitative estimate of drug-likeness (QED) is 0.885. The van der Waals surface area contributed by atoms with Gasteiger partial charge >= 0.3 is 0 Å². The van der Waals surface area contributed by atoms with Gasteiger partial charge in [0.05, 0.1) is 0 Å². The molecule has 0 spiro atoms. The molecule has 1 aromatic carbocycles. The second-order valence-electron chi connectivity index (χ2n) is 5.18. The van der Waals surface area contributed by atoms with Crippen LogP contribution in [0.3, 0.4) is 0 Å². The van der Waals surface area contributed by atoms with Crippen LogP contribution in [0.5, 0.6) is 0 Å². The first-order valence-corrected chi connectivity index (χ1v) is 6.83. The van der Waals surface area contributed by atoms with E-state index in [1.54, 1.807) is 0 Å². The van der Waals surface area contributed by atoms with Gasteiger partial charge in [-0.3, -0.25) is 0 Å². The van der Waals surface area contributed by atoms with Gasteiger partial charge in [-0.25, -0.2) is 0 Å². The third kappa shape index (κ3) is 4.00. The lowest BCUT2D eigenvalue weighted by molar-refractivity contribution is 0.142. The highest BCUT2D eigenvalue weighted by atomic mass is 16.5. The molecule has 3 nitrogen and oxygen atoms in total. The summed E-state index contributed by atoms with van der Waals surface area (Å²) in [4.78, 5) is 2.12. The predicted molar refractivity (Wildman–Crippen MR) is 76.1 cm³/mol. The first kappa shape index (κ1) is 13.4. The van der Waals surface area contributed by atoms with Crippen LogP contribution in [0.15, 0.2) is 24.3 Å². The fraction of sp³-hybridized carbons (Fsp3) is 0.600. The smallest absolute Gasteiger partial charge is 0.0480 e. The van der Waals surface area contributed by atoms with E-state index < -0.39 is 0 Å². The van der Waals surface area contributed by atoms with Crippen molar-refractivity contribution in [3.63, 3.8) is 0 Å². The van der Waals surface area contributed by atoms with E-state index in [-0.39, 0.29) is 0 Å². The van der Waals surface area contributed by atoms with Crippen LogP contribution in [0.2, 0.25) is 0 Å². The largest absolute Gasteiger partial charge is 0.381 e. The molecule has 3 heteroatoms. The van der Waals surface area contributed by atoms with Crippen molar-refractivity contribution >= 4 is 5.69 Å². The molecule has 0 amide bonds. The van der Waals surface area contributed by atoms with E-state index in [1.807, 2.05) is 0 Å². The molecule has 1 N–H and O–H groups in total. The zero-order chi connectivity index (χ0) is 12.8. The third-order valence-corrected chi connectivity index (χ3v) is 3.50. The minimum absolute atomic E-state index is 0.612. The summed E-state index contributed by atoms with van der Waals surface area (Å²) in [6.45, 7) is 2.78. The fourth-order valence-electron chi connectivity index (χ4n) is 2.28. The number of benzene rings is 1. The maximum absolute atomic E-state index is 5.47. The number of ether oxygens (including phenoxy) is 1. The van der Waals surface area contributed by atoms with Crippen molar-refractivity contribution in [1.29, 1.82) is 0 Å². The van der Waals surface area contributed by atoms with Crippen LogP contribution in [-0.2, 0) is 11.3 Å². The van der Waals surface area contributed by atoms with Gasteiger partial charge in [0.1, 0.15) is 0 Å². The van der Waals surface area contributed by atoms with E-state index in [4.69, 9.17) is 4.74 Å². The van der Waals surface area contributed by atoms with E-state index in [2.05, 4.69) is 48.6 Å². The van der Waals surface area contributed by atoms with Gasteiger partial charge in [-0.2, -0.15) is 0 Å². The van der Waals surface area contributed by atoms with E-state index in [0.717, 1.165) is 26.2 Å². The molecular formula is C15H24N2O. The Balaban J connectivity index is 1.81. The number of nitrogens with one attached hydrogen (secondary N) is 1. The molecule has 100 valence electrons. The summed E-state index contributed by atoms with van der Waals surface area (Å²) < 4.78 is 5.47. The number of rotatable bonds is 4. The normalized spacial score (nSPS) is 20.4. The van der Waals surface area contributed by atoms with E-state index >= 15 is 0 Å². The highest BCUT2D eigenvalue weighted by Gasteiger charge is 2.11. The standard InChI is InChI=1S/C15H24N2O/c1-17(2)15-7-5-13(6-8-15)12-16-14-4-3-10-18-11-9-14/h5-8,14,16H,3-4,9-12H2,1-2H3. The monoisotopic (exact) mass is 248 g/mol. The summed E-state index contributed by atoms with van der Waals surface area (Å²) in [5, 5.41) is 3.63. The summed E-state index contributed by atoms with van der Waals surface area (Å²) in [5.74, 6) is 0. The first-order chi connectivity index (χ1) is 8.75. The van der Waals surface area contributed by atoms with Crippen LogP contribution < -0.4 is 10.2 Å². The fourth-order valence-corrected chi connectivity index (χ4v) is 2.28. The Morgan fingerprint density at radius 3 is 2.67 bits per heavy atom. The Labute approximate surface area is 110 Å². The van der Waals surface area contributed by atoms with Gasteiger partial charge in [0, 0.05) is 45.6 Å². The van der Waals surface area contributed by atoms with Crippen molar-refractivity contribution in [2.24, 2.45) is 0 Å². The molecular weight excluding hydrogens is 224 g/mol. The lowest BCUT2D eigenvalue weighted by Gasteiger charge is -2.16. The highest BCUT2D eigenvalue weighted by Crippen LogP contribution is 2.13. The second kappa shape index (κ2) is 6.76. The highest BCUT2D eigenvalue weighted by molar-refractivity contribution is 5.45. The van der Waals surface area contributed by atoms with Crippen molar-refractivity contribution in [3.8, 4) is 0 Å². The van der Waals surface area contributed by atoms with Crippen molar-refractivity contribution in [2.75, 3.05) is 32.2 Å².